The lowest BCUT2D eigenvalue weighted by Gasteiger charge is -1.97. The van der Waals surface area contributed by atoms with Crippen molar-refractivity contribution < 1.29 is 19.1 Å². The Balaban J connectivity index is 1.45. The molecule has 0 unspecified atom stereocenters. The molecule has 1 N–H and O–H groups in total. The Hall–Kier alpha value is -4.38. The van der Waals surface area contributed by atoms with Gasteiger partial charge in [-0.3, -0.25) is 25.0 Å². The first-order valence-corrected chi connectivity index (χ1v) is 9.58. The van der Waals surface area contributed by atoms with E-state index in [-0.39, 0.29) is 11.4 Å². The maximum absolute atomic E-state index is 12.3. The van der Waals surface area contributed by atoms with Crippen LogP contribution in [0.25, 0.3) is 21.4 Å². The Kier molecular flexibility index (Phi) is 5.24. The minimum absolute atomic E-state index is 0.0485. The third-order valence-corrected chi connectivity index (χ3v) is 5.38. The molecule has 0 aliphatic heterocycles. The van der Waals surface area contributed by atoms with Crippen LogP contribution in [0.4, 0.5) is 11.4 Å². The second kappa shape index (κ2) is 8.16. The lowest BCUT2D eigenvalue weighted by Crippen LogP contribution is -2.15. The summed E-state index contributed by atoms with van der Waals surface area (Å²) in [5.74, 6) is 0.293. The molecule has 0 atom stereocenters. The number of non-ortho nitro benzene ring substituents is 2. The number of benzene rings is 2. The van der Waals surface area contributed by atoms with Crippen molar-refractivity contribution >= 4 is 44.9 Å². The molecule has 0 fully saturated rings. The topological polar surface area (TPSA) is 141 Å². The first-order valence-electron chi connectivity index (χ1n) is 8.77. The van der Waals surface area contributed by atoms with E-state index in [1.165, 1.54) is 41.8 Å². The van der Waals surface area contributed by atoms with Gasteiger partial charge in [0.2, 0.25) is 0 Å². The van der Waals surface area contributed by atoms with Crippen molar-refractivity contribution in [3.8, 4) is 11.3 Å². The van der Waals surface area contributed by atoms with Crippen molar-refractivity contribution in [2.75, 3.05) is 0 Å². The molecule has 11 heteroatoms. The van der Waals surface area contributed by atoms with Gasteiger partial charge in [0.1, 0.15) is 11.5 Å². The number of amides is 1. The molecule has 4 aromatic rings. The number of nitrogens with zero attached hydrogens (tertiary/aromatic N) is 3. The number of thiophene rings is 1. The van der Waals surface area contributed by atoms with E-state index >= 15 is 0 Å². The largest absolute Gasteiger partial charge is 0.455 e. The fraction of sp³-hybridized carbons (Fsp3) is 0. The summed E-state index contributed by atoms with van der Waals surface area (Å²) in [4.78, 5) is 33.4. The van der Waals surface area contributed by atoms with Gasteiger partial charge in [0.25, 0.3) is 17.3 Å². The molecule has 2 aromatic carbocycles. The van der Waals surface area contributed by atoms with Crippen LogP contribution in [0.2, 0.25) is 0 Å². The molecule has 1 amide bonds. The molecule has 4 rings (SSSR count). The monoisotopic (exact) mass is 436 g/mol. The molecular formula is C20H12N4O6S. The summed E-state index contributed by atoms with van der Waals surface area (Å²) in [6.07, 6.45) is 1.30. The zero-order valence-corrected chi connectivity index (χ0v) is 16.4. The van der Waals surface area contributed by atoms with E-state index in [9.17, 15) is 25.0 Å². The second-order valence-corrected chi connectivity index (χ2v) is 7.38. The summed E-state index contributed by atoms with van der Waals surface area (Å²) in [6.45, 7) is 0. The van der Waals surface area contributed by atoms with E-state index in [0.29, 0.717) is 27.3 Å². The van der Waals surface area contributed by atoms with Crippen LogP contribution in [-0.4, -0.2) is 22.0 Å². The van der Waals surface area contributed by atoms with Crippen LogP contribution >= 0.6 is 11.3 Å². The van der Waals surface area contributed by atoms with Crippen molar-refractivity contribution in [1.82, 2.24) is 5.43 Å². The van der Waals surface area contributed by atoms with Crippen LogP contribution in [0, 0.1) is 20.2 Å². The number of carbonyl (C=O) groups excluding carboxylic acids is 1. The highest BCUT2D eigenvalue weighted by atomic mass is 32.1. The van der Waals surface area contributed by atoms with Gasteiger partial charge in [-0.25, -0.2) is 5.43 Å². The average Bonchev–Trinajstić information content (AvgIpc) is 3.40. The van der Waals surface area contributed by atoms with Crippen LogP contribution in [-0.2, 0) is 0 Å². The number of fused-ring (bicyclic) bond motifs is 1. The highest BCUT2D eigenvalue weighted by molar-refractivity contribution is 7.20. The van der Waals surface area contributed by atoms with Crippen LogP contribution in [0.5, 0.6) is 0 Å². The molecule has 31 heavy (non-hydrogen) atoms. The van der Waals surface area contributed by atoms with E-state index in [0.717, 1.165) is 4.70 Å². The molecular weight excluding hydrogens is 424 g/mol. The number of rotatable bonds is 6. The lowest BCUT2D eigenvalue weighted by atomic mass is 10.1. The summed E-state index contributed by atoms with van der Waals surface area (Å²) in [7, 11) is 0. The van der Waals surface area contributed by atoms with Crippen molar-refractivity contribution in [3.63, 3.8) is 0 Å². The first kappa shape index (κ1) is 19.9. The number of nitrogens with one attached hydrogen (secondary N) is 1. The Morgan fingerprint density at radius 1 is 1.00 bits per heavy atom. The Labute approximate surface area is 177 Å². The van der Waals surface area contributed by atoms with Crippen LogP contribution in [0.15, 0.2) is 70.2 Å². The number of hydrogen-bond acceptors (Lipinski definition) is 8. The van der Waals surface area contributed by atoms with Crippen LogP contribution < -0.4 is 5.43 Å². The van der Waals surface area contributed by atoms with E-state index in [4.69, 9.17) is 4.42 Å². The summed E-state index contributed by atoms with van der Waals surface area (Å²) in [6, 6.07) is 15.2. The third kappa shape index (κ3) is 4.31. The van der Waals surface area contributed by atoms with E-state index in [2.05, 4.69) is 10.5 Å². The Morgan fingerprint density at radius 3 is 2.55 bits per heavy atom. The van der Waals surface area contributed by atoms with Gasteiger partial charge in [0.15, 0.2) is 0 Å². The summed E-state index contributed by atoms with van der Waals surface area (Å²) in [5, 5.41) is 26.2. The van der Waals surface area contributed by atoms with Crippen molar-refractivity contribution in [2.24, 2.45) is 5.10 Å². The second-order valence-electron chi connectivity index (χ2n) is 6.30. The number of nitro benzene ring substituents is 2. The zero-order valence-electron chi connectivity index (χ0n) is 15.6. The van der Waals surface area contributed by atoms with Gasteiger partial charge in [-0.1, -0.05) is 12.1 Å². The minimum Gasteiger partial charge on any atom is -0.455 e. The number of hydrazone groups is 1. The molecule has 0 aliphatic rings. The molecule has 2 aromatic heterocycles. The van der Waals surface area contributed by atoms with Crippen molar-refractivity contribution in [2.45, 2.75) is 0 Å². The zero-order chi connectivity index (χ0) is 22.0. The maximum atomic E-state index is 12.3. The smallest absolute Gasteiger partial charge is 0.281 e. The molecule has 10 nitrogen and oxygen atoms in total. The van der Waals surface area contributed by atoms with Gasteiger partial charge < -0.3 is 4.42 Å². The van der Waals surface area contributed by atoms with Gasteiger partial charge in [0, 0.05) is 39.9 Å². The minimum atomic E-state index is -0.494. The Morgan fingerprint density at radius 2 is 1.77 bits per heavy atom. The molecule has 0 radical (unpaired) electrons. The van der Waals surface area contributed by atoms with Gasteiger partial charge in [-0.2, -0.15) is 5.10 Å². The Bertz CT molecular complexity index is 1360. The van der Waals surface area contributed by atoms with Gasteiger partial charge in [0.05, 0.1) is 20.9 Å². The summed E-state index contributed by atoms with van der Waals surface area (Å²) < 4.78 is 6.33. The summed E-state index contributed by atoms with van der Waals surface area (Å²) >= 11 is 1.19. The predicted molar refractivity (Wildman–Crippen MR) is 114 cm³/mol. The molecule has 0 saturated heterocycles. The fourth-order valence-corrected chi connectivity index (χ4v) is 3.75. The number of carbonyl (C=O) groups is 1. The summed E-state index contributed by atoms with van der Waals surface area (Å²) in [5.41, 5.74) is 2.82. The predicted octanol–water partition coefficient (Wildman–Crippen LogP) is 4.74. The van der Waals surface area contributed by atoms with Crippen LogP contribution in [0.3, 0.4) is 0 Å². The molecule has 0 spiro atoms. The molecule has 0 aliphatic carbocycles. The van der Waals surface area contributed by atoms with Gasteiger partial charge in [-0.05, 0) is 24.3 Å². The van der Waals surface area contributed by atoms with Crippen molar-refractivity contribution in [3.05, 3.63) is 91.5 Å². The molecule has 154 valence electrons. The highest BCUT2D eigenvalue weighted by Gasteiger charge is 2.13. The normalized spacial score (nSPS) is 11.1. The van der Waals surface area contributed by atoms with E-state index < -0.39 is 15.8 Å². The first-order chi connectivity index (χ1) is 14.9. The van der Waals surface area contributed by atoms with E-state index in [1.807, 2.05) is 0 Å². The lowest BCUT2D eigenvalue weighted by molar-refractivity contribution is -0.384. The van der Waals surface area contributed by atoms with Crippen molar-refractivity contribution in [1.29, 1.82) is 0 Å². The number of hydrogen-bond donors (Lipinski definition) is 1. The van der Waals surface area contributed by atoms with Crippen LogP contribution in [0.1, 0.15) is 15.4 Å². The van der Waals surface area contributed by atoms with Gasteiger partial charge >= 0.3 is 0 Å². The fourth-order valence-electron chi connectivity index (χ4n) is 2.82. The standard InChI is InChI=1S/C20H12N4O6S/c25-20(19-10-13-9-15(24(28)29)4-7-18(13)31-19)22-21-11-16-5-6-17(30-16)12-2-1-3-14(8-12)23(26)27/h1-11H,(H,22,25)/b21-11-. The highest BCUT2D eigenvalue weighted by Crippen LogP contribution is 2.29. The maximum Gasteiger partial charge on any atom is 0.281 e. The molecule has 2 heterocycles. The quantitative estimate of drug-likeness (QED) is 0.263. The third-order valence-electron chi connectivity index (χ3n) is 4.26. The van der Waals surface area contributed by atoms with Gasteiger partial charge in [-0.15, -0.1) is 11.3 Å². The number of furan rings is 1. The molecule has 0 bridgehead atoms. The number of nitro groups is 2. The van der Waals surface area contributed by atoms with E-state index in [1.54, 1.807) is 36.4 Å². The average molecular weight is 436 g/mol. The molecule has 0 saturated carbocycles. The SMILES string of the molecule is O=C(N/N=C\c1ccc(-c2cccc([N+](=O)[O-])c2)o1)c1cc2cc([N+](=O)[O-])ccc2s1.